The first-order valence-corrected chi connectivity index (χ1v) is 8.50. The Morgan fingerprint density at radius 3 is 2.44 bits per heavy atom. The van der Waals surface area contributed by atoms with Crippen LogP contribution in [0.3, 0.4) is 0 Å². The third-order valence-electron chi connectivity index (χ3n) is 3.73. The minimum atomic E-state index is -0.281. The lowest BCUT2D eigenvalue weighted by Gasteiger charge is -2.18. The summed E-state index contributed by atoms with van der Waals surface area (Å²) in [7, 11) is 1.71. The van der Waals surface area contributed by atoms with Crippen LogP contribution in [0.25, 0.3) is 5.69 Å². The van der Waals surface area contributed by atoms with Crippen molar-refractivity contribution in [1.82, 2.24) is 14.7 Å². The molecule has 5 nitrogen and oxygen atoms in total. The van der Waals surface area contributed by atoms with Crippen LogP contribution in [0.2, 0.25) is 0 Å². The van der Waals surface area contributed by atoms with Gasteiger partial charge in [0.1, 0.15) is 5.69 Å². The van der Waals surface area contributed by atoms with E-state index >= 15 is 0 Å². The third kappa shape index (κ3) is 3.85. The van der Waals surface area contributed by atoms with Crippen molar-refractivity contribution in [2.24, 2.45) is 0 Å². The number of para-hydroxylation sites is 1. The van der Waals surface area contributed by atoms with Crippen molar-refractivity contribution in [1.29, 1.82) is 0 Å². The maximum atomic E-state index is 12.7. The van der Waals surface area contributed by atoms with Crippen LogP contribution in [0.4, 0.5) is 0 Å². The summed E-state index contributed by atoms with van der Waals surface area (Å²) >= 11 is 3.48. The molecule has 1 heterocycles. The van der Waals surface area contributed by atoms with Gasteiger partial charge in [-0.2, -0.15) is 9.78 Å². The Kier molecular flexibility index (Phi) is 5.09. The molecule has 126 valence electrons. The van der Waals surface area contributed by atoms with Gasteiger partial charge in [0.05, 0.1) is 5.69 Å². The molecule has 0 aliphatic rings. The summed E-state index contributed by atoms with van der Waals surface area (Å²) in [6.07, 6.45) is 0. The highest BCUT2D eigenvalue weighted by Gasteiger charge is 2.16. The fraction of sp³-hybridized carbons (Fsp3) is 0.105. The fourth-order valence-corrected chi connectivity index (χ4v) is 2.84. The lowest BCUT2D eigenvalue weighted by molar-refractivity contribution is 0.0777. The van der Waals surface area contributed by atoms with Gasteiger partial charge in [0.2, 0.25) is 0 Å². The predicted octanol–water partition coefficient (Wildman–Crippen LogP) is 3.27. The summed E-state index contributed by atoms with van der Waals surface area (Å²) in [5.74, 6) is -0.250. The highest BCUT2D eigenvalue weighted by Crippen LogP contribution is 2.18. The van der Waals surface area contributed by atoms with Crippen molar-refractivity contribution in [2.45, 2.75) is 6.54 Å². The van der Waals surface area contributed by atoms with E-state index in [0.29, 0.717) is 12.2 Å². The van der Waals surface area contributed by atoms with Crippen LogP contribution in [-0.2, 0) is 6.54 Å². The predicted molar refractivity (Wildman–Crippen MR) is 99.8 cm³/mol. The Bertz CT molecular complexity index is 954. The third-order valence-corrected chi connectivity index (χ3v) is 4.51. The van der Waals surface area contributed by atoms with E-state index in [9.17, 15) is 9.59 Å². The average Bonchev–Trinajstić information content (AvgIpc) is 2.64. The molecule has 0 aliphatic heterocycles. The number of rotatable bonds is 4. The van der Waals surface area contributed by atoms with Gasteiger partial charge in [0, 0.05) is 24.1 Å². The van der Waals surface area contributed by atoms with E-state index in [1.54, 1.807) is 24.1 Å². The van der Waals surface area contributed by atoms with Crippen LogP contribution in [-0.4, -0.2) is 27.6 Å². The number of carbonyl (C=O) groups excluding carboxylic acids is 1. The highest BCUT2D eigenvalue weighted by atomic mass is 79.9. The van der Waals surface area contributed by atoms with E-state index in [0.717, 1.165) is 10.0 Å². The van der Waals surface area contributed by atoms with Gasteiger partial charge in [0.15, 0.2) is 0 Å². The van der Waals surface area contributed by atoms with Crippen molar-refractivity contribution in [2.75, 3.05) is 7.05 Å². The molecule has 0 spiro atoms. The molecule has 0 radical (unpaired) electrons. The van der Waals surface area contributed by atoms with Gasteiger partial charge in [-0.25, -0.2) is 0 Å². The molecule has 2 aromatic carbocycles. The molecule has 3 rings (SSSR count). The molecule has 3 aromatic rings. The molecule has 0 saturated heterocycles. The Balaban J connectivity index is 1.87. The monoisotopic (exact) mass is 397 g/mol. The van der Waals surface area contributed by atoms with Gasteiger partial charge in [-0.1, -0.05) is 52.3 Å². The van der Waals surface area contributed by atoms with Crippen molar-refractivity contribution in [3.63, 3.8) is 0 Å². The first-order chi connectivity index (χ1) is 12.1. The highest BCUT2D eigenvalue weighted by molar-refractivity contribution is 9.10. The van der Waals surface area contributed by atoms with Gasteiger partial charge >= 0.3 is 0 Å². The van der Waals surface area contributed by atoms with Crippen molar-refractivity contribution in [3.05, 3.63) is 92.8 Å². The summed E-state index contributed by atoms with van der Waals surface area (Å²) < 4.78 is 2.18. The number of amides is 1. The smallest absolute Gasteiger partial charge is 0.274 e. The molecule has 0 atom stereocenters. The second-order valence-corrected chi connectivity index (χ2v) is 6.41. The van der Waals surface area contributed by atoms with Crippen molar-refractivity contribution < 1.29 is 4.79 Å². The number of nitrogens with zero attached hydrogens (tertiary/aromatic N) is 3. The topological polar surface area (TPSA) is 55.2 Å². The van der Waals surface area contributed by atoms with Crippen LogP contribution < -0.4 is 5.56 Å². The molecule has 1 amide bonds. The summed E-state index contributed by atoms with van der Waals surface area (Å²) in [5, 5.41) is 4.23. The van der Waals surface area contributed by atoms with Gasteiger partial charge in [-0.05, 0) is 29.8 Å². The lowest BCUT2D eigenvalue weighted by atomic mass is 10.2. The standard InChI is InChI=1S/C19H16BrN3O2/c1-22(13-14-7-5-6-10-16(14)20)19(25)17-11-12-18(24)23(21-17)15-8-3-2-4-9-15/h2-12H,13H2,1H3. The average molecular weight is 398 g/mol. The van der Waals surface area contributed by atoms with Crippen LogP contribution in [0.5, 0.6) is 0 Å². The summed E-state index contributed by atoms with van der Waals surface area (Å²) in [6, 6.07) is 19.6. The SMILES string of the molecule is CN(Cc1ccccc1Br)C(=O)c1ccc(=O)n(-c2ccccc2)n1. The second-order valence-electron chi connectivity index (χ2n) is 5.56. The first-order valence-electron chi connectivity index (χ1n) is 7.71. The maximum Gasteiger partial charge on any atom is 0.274 e. The molecule has 0 saturated carbocycles. The number of halogens is 1. The molecule has 1 aromatic heterocycles. The summed E-state index contributed by atoms with van der Waals surface area (Å²) in [4.78, 5) is 26.3. The van der Waals surface area contributed by atoms with Crippen LogP contribution >= 0.6 is 15.9 Å². The molecule has 0 fully saturated rings. The Labute approximate surface area is 153 Å². The number of hydrogen-bond acceptors (Lipinski definition) is 3. The zero-order chi connectivity index (χ0) is 17.8. The maximum absolute atomic E-state index is 12.7. The Hall–Kier alpha value is -2.73. The van der Waals surface area contributed by atoms with Gasteiger partial charge in [-0.15, -0.1) is 0 Å². The minimum Gasteiger partial charge on any atom is -0.336 e. The van der Waals surface area contributed by atoms with E-state index in [4.69, 9.17) is 0 Å². The molecule has 0 aliphatic carbocycles. The quantitative estimate of drug-likeness (QED) is 0.678. The van der Waals surface area contributed by atoms with Gasteiger partial charge in [-0.3, -0.25) is 9.59 Å². The number of benzene rings is 2. The second kappa shape index (κ2) is 7.44. The summed E-state index contributed by atoms with van der Waals surface area (Å²) in [5.41, 5.74) is 1.56. The molecular formula is C19H16BrN3O2. The van der Waals surface area contributed by atoms with Crippen molar-refractivity contribution in [3.8, 4) is 5.69 Å². The normalized spacial score (nSPS) is 10.5. The van der Waals surface area contributed by atoms with E-state index in [-0.39, 0.29) is 17.2 Å². The van der Waals surface area contributed by atoms with Crippen LogP contribution in [0, 0.1) is 0 Å². The van der Waals surface area contributed by atoms with Crippen molar-refractivity contribution >= 4 is 21.8 Å². The number of aromatic nitrogens is 2. The van der Waals surface area contributed by atoms with E-state index in [1.807, 2.05) is 42.5 Å². The zero-order valence-corrected chi connectivity index (χ0v) is 15.2. The van der Waals surface area contributed by atoms with Crippen LogP contribution in [0.1, 0.15) is 16.1 Å². The molecular weight excluding hydrogens is 382 g/mol. The molecule has 0 N–H and O–H groups in total. The molecule has 0 bridgehead atoms. The van der Waals surface area contributed by atoms with E-state index in [1.165, 1.54) is 16.8 Å². The molecule has 0 unspecified atom stereocenters. The van der Waals surface area contributed by atoms with Crippen LogP contribution in [0.15, 0.2) is 76.0 Å². The number of carbonyl (C=O) groups is 1. The van der Waals surface area contributed by atoms with E-state index in [2.05, 4.69) is 21.0 Å². The Morgan fingerprint density at radius 1 is 1.04 bits per heavy atom. The van der Waals surface area contributed by atoms with Gasteiger partial charge in [0.25, 0.3) is 11.5 Å². The zero-order valence-electron chi connectivity index (χ0n) is 13.6. The fourth-order valence-electron chi connectivity index (χ4n) is 2.43. The Morgan fingerprint density at radius 2 is 1.72 bits per heavy atom. The van der Waals surface area contributed by atoms with Gasteiger partial charge < -0.3 is 4.90 Å². The van der Waals surface area contributed by atoms with E-state index < -0.39 is 0 Å². The number of hydrogen-bond donors (Lipinski definition) is 0. The molecule has 6 heteroatoms. The largest absolute Gasteiger partial charge is 0.336 e. The summed E-state index contributed by atoms with van der Waals surface area (Å²) in [6.45, 7) is 0.437. The first kappa shape index (κ1) is 17.1. The lowest BCUT2D eigenvalue weighted by Crippen LogP contribution is -2.30. The minimum absolute atomic E-state index is 0.220. The molecule has 25 heavy (non-hydrogen) atoms.